The maximum atomic E-state index is 5.66. The van der Waals surface area contributed by atoms with Crippen LogP contribution in [0.1, 0.15) is 22.4 Å². The third kappa shape index (κ3) is 7.58. The summed E-state index contributed by atoms with van der Waals surface area (Å²) in [6, 6.07) is 98.4. The first kappa shape index (κ1) is 48.7. The molecule has 0 saturated heterocycles. The number of hydrogen-bond donors (Lipinski definition) is 0. The van der Waals surface area contributed by atoms with Crippen molar-refractivity contribution in [3.8, 4) is 23.4 Å². The van der Waals surface area contributed by atoms with Crippen molar-refractivity contribution in [2.24, 2.45) is 0 Å². The van der Waals surface area contributed by atoms with Gasteiger partial charge in [0.1, 0.15) is 5.69 Å². The van der Waals surface area contributed by atoms with Crippen molar-refractivity contribution >= 4 is 101 Å². The Hall–Kier alpha value is -9.61. The lowest BCUT2D eigenvalue weighted by atomic mass is 10.0. The number of hydrogen-bond acceptors (Lipinski definition) is 4. The Morgan fingerprint density at radius 1 is 0.263 bits per heavy atom. The molecule has 14 aromatic rings. The van der Waals surface area contributed by atoms with Crippen molar-refractivity contribution in [2.45, 2.75) is 27.7 Å². The predicted octanol–water partition coefficient (Wildman–Crippen LogP) is 11.1. The van der Waals surface area contributed by atoms with Crippen LogP contribution < -0.4 is 41.5 Å². The first-order valence-electron chi connectivity index (χ1n) is 27.5. The molecule has 0 aliphatic rings. The number of rotatable bonds is 11. The minimum absolute atomic E-state index is 0.518. The van der Waals surface area contributed by atoms with Crippen LogP contribution in [0.25, 0.3) is 67.0 Å². The van der Waals surface area contributed by atoms with Crippen LogP contribution in [-0.2, 0) is 0 Å². The van der Waals surface area contributed by atoms with Gasteiger partial charge in [0.25, 0.3) is 0 Å². The number of benzene rings is 10. The van der Waals surface area contributed by atoms with Crippen LogP contribution in [0.5, 0.6) is 0 Å². The Bertz CT molecular complexity index is 4170. The van der Waals surface area contributed by atoms with Crippen LogP contribution >= 0.6 is 0 Å². The van der Waals surface area contributed by atoms with Gasteiger partial charge >= 0.3 is 0 Å². The minimum Gasteiger partial charge on any atom is -0.278 e. The molecule has 0 atom stereocenters. The molecular weight excluding hydrogens is 1010 g/mol. The van der Waals surface area contributed by atoms with Gasteiger partial charge in [-0.05, 0) is 110 Å². The molecular formula is C72H56N6Si2. The summed E-state index contributed by atoms with van der Waals surface area (Å²) < 4.78 is 4.49. The van der Waals surface area contributed by atoms with Gasteiger partial charge in [0.15, 0.2) is 22.0 Å². The second-order valence-corrected chi connectivity index (χ2v) is 28.7. The van der Waals surface area contributed by atoms with Crippen LogP contribution in [0.4, 0.5) is 0 Å². The van der Waals surface area contributed by atoms with Crippen molar-refractivity contribution in [3.05, 3.63) is 289 Å². The van der Waals surface area contributed by atoms with Gasteiger partial charge in [0.05, 0.1) is 22.1 Å². The second-order valence-electron chi connectivity index (χ2n) is 21.0. The van der Waals surface area contributed by atoms with Crippen molar-refractivity contribution in [3.63, 3.8) is 0 Å². The number of nitrogens with zero attached hydrogens (tertiary/aromatic N) is 6. The monoisotopic (exact) mass is 1060 g/mol. The predicted molar refractivity (Wildman–Crippen MR) is 338 cm³/mol. The van der Waals surface area contributed by atoms with E-state index in [2.05, 4.69) is 304 Å². The summed E-state index contributed by atoms with van der Waals surface area (Å²) in [4.78, 5) is 22.0. The lowest BCUT2D eigenvalue weighted by Gasteiger charge is -2.34. The average molecular weight is 1060 g/mol. The van der Waals surface area contributed by atoms with Gasteiger partial charge < -0.3 is 0 Å². The smallest absolute Gasteiger partial charge is 0.240 e. The zero-order valence-electron chi connectivity index (χ0n) is 45.1. The third-order valence-electron chi connectivity index (χ3n) is 17.0. The van der Waals surface area contributed by atoms with E-state index >= 15 is 0 Å². The largest absolute Gasteiger partial charge is 0.278 e. The molecule has 10 aromatic carbocycles. The molecule has 0 spiro atoms. The zero-order chi connectivity index (χ0) is 54.0. The van der Waals surface area contributed by atoms with Crippen molar-refractivity contribution in [1.82, 2.24) is 29.1 Å². The Morgan fingerprint density at radius 2 is 0.575 bits per heavy atom. The van der Waals surface area contributed by atoms with Gasteiger partial charge in [0.2, 0.25) is 11.9 Å². The molecule has 80 heavy (non-hydrogen) atoms. The van der Waals surface area contributed by atoms with E-state index in [9.17, 15) is 0 Å². The van der Waals surface area contributed by atoms with Crippen LogP contribution in [0.15, 0.2) is 267 Å². The second kappa shape index (κ2) is 19.7. The van der Waals surface area contributed by atoms with Crippen LogP contribution in [0, 0.1) is 27.7 Å². The van der Waals surface area contributed by atoms with E-state index in [1.807, 2.05) is 0 Å². The molecule has 382 valence electrons. The fourth-order valence-corrected chi connectivity index (χ4v) is 22.5. The van der Waals surface area contributed by atoms with E-state index in [-0.39, 0.29) is 0 Å². The maximum Gasteiger partial charge on any atom is 0.240 e. The normalized spacial score (nSPS) is 12.0. The summed E-state index contributed by atoms with van der Waals surface area (Å²) in [6.45, 7) is 8.54. The highest BCUT2D eigenvalue weighted by molar-refractivity contribution is 7.20. The van der Waals surface area contributed by atoms with Gasteiger partial charge in [-0.3, -0.25) is 9.13 Å². The van der Waals surface area contributed by atoms with Crippen LogP contribution in [0.3, 0.4) is 0 Å². The summed E-state index contributed by atoms with van der Waals surface area (Å²) in [5.41, 5.74) is 9.11. The molecule has 0 aliphatic carbocycles. The minimum atomic E-state index is -2.88. The molecule has 6 nitrogen and oxygen atoms in total. The van der Waals surface area contributed by atoms with Gasteiger partial charge in [-0.1, -0.05) is 243 Å². The molecule has 8 heteroatoms. The molecule has 14 rings (SSSR count). The highest BCUT2D eigenvalue weighted by atomic mass is 28.3. The molecule has 0 N–H and O–H groups in total. The van der Waals surface area contributed by atoms with E-state index in [1.54, 1.807) is 0 Å². The molecule has 0 aliphatic heterocycles. The van der Waals surface area contributed by atoms with E-state index in [0.29, 0.717) is 17.7 Å². The molecule has 0 amide bonds. The fourth-order valence-electron chi connectivity index (χ4n) is 12.9. The van der Waals surface area contributed by atoms with Crippen molar-refractivity contribution in [1.29, 1.82) is 0 Å². The fraction of sp³-hybridized carbons (Fsp3) is 0.0556. The van der Waals surface area contributed by atoms with Gasteiger partial charge in [-0.25, -0.2) is 4.98 Å². The highest BCUT2D eigenvalue weighted by Crippen LogP contribution is 2.36. The van der Waals surface area contributed by atoms with Crippen molar-refractivity contribution in [2.75, 3.05) is 0 Å². The first-order chi connectivity index (χ1) is 39.3. The van der Waals surface area contributed by atoms with Crippen LogP contribution in [0.2, 0.25) is 0 Å². The Balaban J connectivity index is 1.04. The Labute approximate surface area is 468 Å². The van der Waals surface area contributed by atoms with Gasteiger partial charge in [-0.15, -0.1) is 0 Å². The lowest BCUT2D eigenvalue weighted by molar-refractivity contribution is 0.886. The molecule has 0 fully saturated rings. The summed E-state index contributed by atoms with van der Waals surface area (Å²) >= 11 is 0. The zero-order valence-corrected chi connectivity index (χ0v) is 47.1. The van der Waals surface area contributed by atoms with E-state index in [0.717, 1.165) is 60.6 Å². The molecule has 0 unspecified atom stereocenters. The Morgan fingerprint density at radius 3 is 0.925 bits per heavy atom. The highest BCUT2D eigenvalue weighted by Gasteiger charge is 2.43. The number of aryl methyl sites for hydroxylation is 1. The van der Waals surface area contributed by atoms with E-state index in [4.69, 9.17) is 19.9 Å². The molecule has 4 aromatic heterocycles. The SMILES string of the molecule is Cc1nc(-c2nc(-n3c4ccccc4c4cc([Si](c5ccccc5)(c5ccccc5)c5ccccc5)ccc43)nc(-n3c4ccccc4c4cc([Si](c5ccccc5)(c5ccccc5)c5ccccc5)ccc43)n2)c(C)c(C)c1C. The average Bonchev–Trinajstić information content (AvgIpc) is 3.95. The molecule has 0 radical (unpaired) electrons. The maximum absolute atomic E-state index is 5.66. The summed E-state index contributed by atoms with van der Waals surface area (Å²) in [5, 5.41) is 15.0. The topological polar surface area (TPSA) is 61.4 Å². The number of fused-ring (bicyclic) bond motifs is 6. The van der Waals surface area contributed by atoms with E-state index < -0.39 is 16.1 Å². The standard InChI is InChI=1S/C72H56N6Si2/c1-49-50(2)52(4)73-69(51(49)3)70-74-71(77-65-41-25-23-39-61(65)63-47-59(43-45-67(63)77)79(53-27-11-5-12-28-53,54-29-13-6-14-30-54)55-31-15-7-16-32-55)76-72(75-70)78-66-42-26-24-40-62(66)64-48-60(44-46-68(64)78)80(56-33-17-8-18-34-56,57-35-19-9-20-36-57)58-37-21-10-22-38-58/h5-48H,1-4H3. The van der Waals surface area contributed by atoms with Crippen LogP contribution in [-0.4, -0.2) is 45.2 Å². The quantitative estimate of drug-likeness (QED) is 0.0957. The number of aromatic nitrogens is 6. The van der Waals surface area contributed by atoms with Crippen molar-refractivity contribution < 1.29 is 0 Å². The van der Waals surface area contributed by atoms with E-state index in [1.165, 1.54) is 52.6 Å². The van der Waals surface area contributed by atoms with Gasteiger partial charge in [0, 0.05) is 27.2 Å². The molecule has 4 heterocycles. The molecule has 0 bridgehead atoms. The number of pyridine rings is 1. The molecule has 0 saturated carbocycles. The number of para-hydroxylation sites is 2. The lowest BCUT2D eigenvalue weighted by Crippen LogP contribution is -2.74. The third-order valence-corrected chi connectivity index (χ3v) is 26.5. The summed E-state index contributed by atoms with van der Waals surface area (Å²) in [7, 11) is -5.76. The first-order valence-corrected chi connectivity index (χ1v) is 31.5. The summed E-state index contributed by atoms with van der Waals surface area (Å²) in [6.07, 6.45) is 0. The Kier molecular flexibility index (Phi) is 12.0. The summed E-state index contributed by atoms with van der Waals surface area (Å²) in [5.74, 6) is 1.56. The van der Waals surface area contributed by atoms with Gasteiger partial charge in [-0.2, -0.15) is 15.0 Å².